The first-order chi connectivity index (χ1) is 11.3. The van der Waals surface area contributed by atoms with E-state index in [4.69, 9.17) is 13.9 Å². The van der Waals surface area contributed by atoms with Crippen molar-refractivity contribution in [2.24, 2.45) is 0 Å². The van der Waals surface area contributed by atoms with Gasteiger partial charge in [-0.2, -0.15) is 0 Å². The average molecular weight is 311 g/mol. The molecule has 3 rings (SSSR count). The van der Waals surface area contributed by atoms with Crippen LogP contribution in [-0.4, -0.2) is 20.3 Å². The molecule has 1 N–H and O–H groups in total. The fraction of sp³-hybridized carbons (Fsp3) is 0.263. The van der Waals surface area contributed by atoms with Crippen LogP contribution in [0, 0.1) is 0 Å². The Kier molecular flexibility index (Phi) is 4.83. The Morgan fingerprint density at radius 2 is 1.78 bits per heavy atom. The zero-order valence-electron chi connectivity index (χ0n) is 13.4. The fourth-order valence-corrected chi connectivity index (χ4v) is 2.43. The largest absolute Gasteiger partial charge is 0.497 e. The second-order valence-electron chi connectivity index (χ2n) is 5.39. The van der Waals surface area contributed by atoms with Gasteiger partial charge in [0.1, 0.15) is 29.4 Å². The third-order valence-corrected chi connectivity index (χ3v) is 3.75. The lowest BCUT2D eigenvalue weighted by Gasteiger charge is -2.12. The van der Waals surface area contributed by atoms with Crippen LogP contribution in [0.15, 0.2) is 59.0 Å². The van der Waals surface area contributed by atoms with Crippen LogP contribution in [0.1, 0.15) is 18.7 Å². The van der Waals surface area contributed by atoms with E-state index in [2.05, 4.69) is 24.4 Å². The average Bonchev–Trinajstić information content (AvgIpc) is 3.03. The number of methoxy groups -OCH3 is 1. The predicted molar refractivity (Wildman–Crippen MR) is 91.1 cm³/mol. The molecule has 0 saturated heterocycles. The molecule has 0 aliphatic heterocycles. The molecule has 0 amide bonds. The van der Waals surface area contributed by atoms with Crippen molar-refractivity contribution >= 4 is 11.0 Å². The van der Waals surface area contributed by atoms with Gasteiger partial charge in [-0.05, 0) is 43.3 Å². The highest BCUT2D eigenvalue weighted by atomic mass is 16.5. The van der Waals surface area contributed by atoms with Crippen LogP contribution in [0.2, 0.25) is 0 Å². The normalized spacial score (nSPS) is 12.3. The summed E-state index contributed by atoms with van der Waals surface area (Å²) < 4.78 is 16.7. The molecule has 4 nitrogen and oxygen atoms in total. The van der Waals surface area contributed by atoms with Crippen molar-refractivity contribution in [2.75, 3.05) is 20.3 Å². The van der Waals surface area contributed by atoms with E-state index >= 15 is 0 Å². The Morgan fingerprint density at radius 1 is 1.04 bits per heavy atom. The number of benzene rings is 2. The zero-order valence-corrected chi connectivity index (χ0v) is 13.4. The van der Waals surface area contributed by atoms with Gasteiger partial charge in [-0.15, -0.1) is 0 Å². The zero-order chi connectivity index (χ0) is 16.1. The minimum absolute atomic E-state index is 0.141. The SMILES string of the molecule is COc1ccc(OCCNC(C)c2cc3ccccc3o2)cc1. The Bertz CT molecular complexity index is 716. The van der Waals surface area contributed by atoms with Crippen LogP contribution in [0.5, 0.6) is 11.5 Å². The molecule has 0 saturated carbocycles. The number of ether oxygens (including phenoxy) is 2. The van der Waals surface area contributed by atoms with Gasteiger partial charge in [-0.1, -0.05) is 18.2 Å². The minimum Gasteiger partial charge on any atom is -0.497 e. The van der Waals surface area contributed by atoms with Crippen LogP contribution in [0.4, 0.5) is 0 Å². The molecular formula is C19H21NO3. The van der Waals surface area contributed by atoms with E-state index < -0.39 is 0 Å². The van der Waals surface area contributed by atoms with Crippen LogP contribution >= 0.6 is 0 Å². The third-order valence-electron chi connectivity index (χ3n) is 3.75. The standard InChI is InChI=1S/C19H21NO3/c1-14(19-13-15-5-3-4-6-18(15)23-19)20-11-12-22-17-9-7-16(21-2)8-10-17/h3-10,13-14,20H,11-12H2,1-2H3. The smallest absolute Gasteiger partial charge is 0.134 e. The molecule has 4 heteroatoms. The summed E-state index contributed by atoms with van der Waals surface area (Å²) in [4.78, 5) is 0. The first kappa shape index (κ1) is 15.4. The highest BCUT2D eigenvalue weighted by Gasteiger charge is 2.10. The molecular weight excluding hydrogens is 290 g/mol. The molecule has 1 heterocycles. The maximum atomic E-state index is 5.85. The van der Waals surface area contributed by atoms with Gasteiger partial charge >= 0.3 is 0 Å². The quantitative estimate of drug-likeness (QED) is 0.665. The highest BCUT2D eigenvalue weighted by Crippen LogP contribution is 2.23. The number of rotatable bonds is 7. The van der Waals surface area contributed by atoms with Crippen LogP contribution in [0.3, 0.4) is 0 Å². The second-order valence-corrected chi connectivity index (χ2v) is 5.39. The number of hydrogen-bond donors (Lipinski definition) is 1. The number of nitrogens with one attached hydrogen (secondary N) is 1. The Balaban J connectivity index is 1.47. The second kappa shape index (κ2) is 7.20. The van der Waals surface area contributed by atoms with Gasteiger partial charge in [0.25, 0.3) is 0 Å². The van der Waals surface area contributed by atoms with Crippen molar-refractivity contribution in [3.8, 4) is 11.5 Å². The maximum Gasteiger partial charge on any atom is 0.134 e. The number of para-hydroxylation sites is 1. The Morgan fingerprint density at radius 3 is 2.52 bits per heavy atom. The molecule has 0 aliphatic carbocycles. The van der Waals surface area contributed by atoms with E-state index in [1.54, 1.807) is 7.11 Å². The third kappa shape index (κ3) is 3.85. The summed E-state index contributed by atoms with van der Waals surface area (Å²) in [5.41, 5.74) is 0.922. The molecule has 0 spiro atoms. The molecule has 0 bridgehead atoms. The molecule has 2 aromatic carbocycles. The van der Waals surface area contributed by atoms with Gasteiger partial charge in [-0.3, -0.25) is 0 Å². The van der Waals surface area contributed by atoms with Gasteiger partial charge in [0.05, 0.1) is 13.2 Å². The molecule has 1 aromatic heterocycles. The molecule has 3 aromatic rings. The Labute approximate surface area is 136 Å². The molecule has 1 unspecified atom stereocenters. The van der Waals surface area contributed by atoms with Gasteiger partial charge in [0, 0.05) is 11.9 Å². The highest BCUT2D eigenvalue weighted by molar-refractivity contribution is 5.77. The van der Waals surface area contributed by atoms with Crippen molar-refractivity contribution in [1.82, 2.24) is 5.32 Å². The fourth-order valence-electron chi connectivity index (χ4n) is 2.43. The van der Waals surface area contributed by atoms with Crippen molar-refractivity contribution in [2.45, 2.75) is 13.0 Å². The summed E-state index contributed by atoms with van der Waals surface area (Å²) in [6.07, 6.45) is 0. The minimum atomic E-state index is 0.141. The van der Waals surface area contributed by atoms with Gasteiger partial charge in [0.15, 0.2) is 0 Å². The van der Waals surface area contributed by atoms with Gasteiger partial charge in [-0.25, -0.2) is 0 Å². The maximum absolute atomic E-state index is 5.85. The number of hydrogen-bond acceptors (Lipinski definition) is 4. The van der Waals surface area contributed by atoms with Crippen LogP contribution in [0.25, 0.3) is 11.0 Å². The van der Waals surface area contributed by atoms with E-state index in [0.29, 0.717) is 6.61 Å². The summed E-state index contributed by atoms with van der Waals surface area (Å²) >= 11 is 0. The van der Waals surface area contributed by atoms with Crippen molar-refractivity contribution in [3.05, 3.63) is 60.4 Å². The lowest BCUT2D eigenvalue weighted by Crippen LogP contribution is -2.24. The predicted octanol–water partition coefficient (Wildman–Crippen LogP) is 4.17. The van der Waals surface area contributed by atoms with E-state index in [-0.39, 0.29) is 6.04 Å². The summed E-state index contributed by atoms with van der Waals surface area (Å²) in [6, 6.07) is 17.8. The topological polar surface area (TPSA) is 43.6 Å². The van der Waals surface area contributed by atoms with Crippen molar-refractivity contribution in [3.63, 3.8) is 0 Å². The molecule has 23 heavy (non-hydrogen) atoms. The number of furan rings is 1. The summed E-state index contributed by atoms with van der Waals surface area (Å²) in [7, 11) is 1.65. The van der Waals surface area contributed by atoms with E-state index in [0.717, 1.165) is 34.8 Å². The van der Waals surface area contributed by atoms with E-state index in [1.807, 2.05) is 42.5 Å². The molecule has 1 atom stereocenters. The lowest BCUT2D eigenvalue weighted by atomic mass is 10.2. The van der Waals surface area contributed by atoms with Crippen LogP contribution in [-0.2, 0) is 0 Å². The molecule has 0 radical (unpaired) electrons. The van der Waals surface area contributed by atoms with E-state index in [9.17, 15) is 0 Å². The first-order valence-electron chi connectivity index (χ1n) is 7.75. The Hall–Kier alpha value is -2.46. The monoisotopic (exact) mass is 311 g/mol. The van der Waals surface area contributed by atoms with Gasteiger partial charge in [0.2, 0.25) is 0 Å². The van der Waals surface area contributed by atoms with Crippen molar-refractivity contribution in [1.29, 1.82) is 0 Å². The lowest BCUT2D eigenvalue weighted by molar-refractivity contribution is 0.302. The van der Waals surface area contributed by atoms with Crippen LogP contribution < -0.4 is 14.8 Å². The molecule has 0 aliphatic rings. The first-order valence-corrected chi connectivity index (χ1v) is 7.75. The van der Waals surface area contributed by atoms with E-state index in [1.165, 1.54) is 0 Å². The number of fused-ring (bicyclic) bond motifs is 1. The van der Waals surface area contributed by atoms with Gasteiger partial charge < -0.3 is 19.2 Å². The molecule has 0 fully saturated rings. The molecule has 120 valence electrons. The summed E-state index contributed by atoms with van der Waals surface area (Å²) in [6.45, 7) is 3.42. The summed E-state index contributed by atoms with van der Waals surface area (Å²) in [5, 5.41) is 4.54. The van der Waals surface area contributed by atoms with Crippen molar-refractivity contribution < 1.29 is 13.9 Å². The summed E-state index contributed by atoms with van der Waals surface area (Å²) in [5.74, 6) is 2.61.